The molecule has 0 unspecified atom stereocenters. The van der Waals surface area contributed by atoms with Gasteiger partial charge in [-0.1, -0.05) is 19.8 Å². The summed E-state index contributed by atoms with van der Waals surface area (Å²) >= 11 is 2.95. The second kappa shape index (κ2) is 7.33. The van der Waals surface area contributed by atoms with Crippen LogP contribution in [0.1, 0.15) is 36.5 Å². The van der Waals surface area contributed by atoms with Gasteiger partial charge in [-0.25, -0.2) is 13.6 Å². The van der Waals surface area contributed by atoms with Gasteiger partial charge in [0, 0.05) is 4.47 Å². The van der Waals surface area contributed by atoms with Crippen molar-refractivity contribution >= 4 is 27.8 Å². The molecule has 1 aromatic rings. The number of amides is 1. The van der Waals surface area contributed by atoms with E-state index in [2.05, 4.69) is 21.2 Å². The first-order valence-electron chi connectivity index (χ1n) is 6.05. The highest BCUT2D eigenvalue weighted by Gasteiger charge is 2.22. The van der Waals surface area contributed by atoms with Gasteiger partial charge in [0.25, 0.3) is 5.91 Å². The van der Waals surface area contributed by atoms with Crippen LogP contribution in [0, 0.1) is 11.6 Å². The number of aliphatic carboxylic acids is 1. The molecule has 20 heavy (non-hydrogen) atoms. The van der Waals surface area contributed by atoms with Gasteiger partial charge in [0.15, 0.2) is 11.6 Å². The minimum Gasteiger partial charge on any atom is -0.480 e. The fraction of sp³-hybridized carbons (Fsp3) is 0.385. The molecule has 0 aliphatic heterocycles. The number of nitrogens with one attached hydrogen (secondary N) is 1. The molecule has 4 nitrogen and oxygen atoms in total. The van der Waals surface area contributed by atoms with Crippen molar-refractivity contribution in [2.45, 2.75) is 32.2 Å². The smallest absolute Gasteiger partial charge is 0.326 e. The molecule has 0 aliphatic carbocycles. The Kier molecular flexibility index (Phi) is 6.06. The van der Waals surface area contributed by atoms with Crippen LogP contribution in [0.4, 0.5) is 8.78 Å². The predicted molar refractivity (Wildman–Crippen MR) is 72.5 cm³/mol. The quantitative estimate of drug-likeness (QED) is 0.775. The standard InChI is InChI=1S/C13H14BrF2NO3/c1-2-3-4-11(13(19)20)17-12(18)7-5-9(15)10(16)6-8(7)14/h5-6,11H,2-4H2,1H3,(H,17,18)(H,19,20)/t11-/m0/s1. The number of carbonyl (C=O) groups excluding carboxylic acids is 1. The van der Waals surface area contributed by atoms with E-state index < -0.39 is 29.6 Å². The van der Waals surface area contributed by atoms with Gasteiger partial charge in [0.2, 0.25) is 0 Å². The maximum atomic E-state index is 13.1. The van der Waals surface area contributed by atoms with Gasteiger partial charge in [-0.2, -0.15) is 0 Å². The van der Waals surface area contributed by atoms with Crippen molar-refractivity contribution < 1.29 is 23.5 Å². The summed E-state index contributed by atoms with van der Waals surface area (Å²) in [5.74, 6) is -4.18. The van der Waals surface area contributed by atoms with Crippen molar-refractivity contribution in [3.63, 3.8) is 0 Å². The molecule has 0 aromatic heterocycles. The highest BCUT2D eigenvalue weighted by molar-refractivity contribution is 9.10. The number of hydrogen-bond donors (Lipinski definition) is 2. The van der Waals surface area contributed by atoms with Crippen molar-refractivity contribution in [2.24, 2.45) is 0 Å². The zero-order valence-electron chi connectivity index (χ0n) is 10.8. The monoisotopic (exact) mass is 349 g/mol. The van der Waals surface area contributed by atoms with E-state index in [0.29, 0.717) is 6.42 Å². The van der Waals surface area contributed by atoms with Gasteiger partial charge in [-0.3, -0.25) is 4.79 Å². The molecule has 2 N–H and O–H groups in total. The number of carboxylic acids is 1. The maximum Gasteiger partial charge on any atom is 0.326 e. The fourth-order valence-electron chi connectivity index (χ4n) is 1.60. The molecule has 0 saturated carbocycles. The van der Waals surface area contributed by atoms with Gasteiger partial charge >= 0.3 is 5.97 Å². The Bertz CT molecular complexity index is 523. The lowest BCUT2D eigenvalue weighted by Gasteiger charge is -2.14. The van der Waals surface area contributed by atoms with Crippen molar-refractivity contribution in [3.8, 4) is 0 Å². The summed E-state index contributed by atoms with van der Waals surface area (Å²) in [4.78, 5) is 22.9. The summed E-state index contributed by atoms with van der Waals surface area (Å²) in [6.45, 7) is 1.90. The molecule has 7 heteroatoms. The van der Waals surface area contributed by atoms with Crippen LogP contribution in [0.3, 0.4) is 0 Å². The molecular weight excluding hydrogens is 336 g/mol. The van der Waals surface area contributed by atoms with Crippen LogP contribution in [-0.2, 0) is 4.79 Å². The average Bonchev–Trinajstić information content (AvgIpc) is 2.38. The second-order valence-electron chi connectivity index (χ2n) is 4.25. The van der Waals surface area contributed by atoms with E-state index in [-0.39, 0.29) is 16.5 Å². The molecule has 1 atom stereocenters. The highest BCUT2D eigenvalue weighted by atomic mass is 79.9. The number of benzene rings is 1. The fourth-order valence-corrected chi connectivity index (χ4v) is 2.09. The van der Waals surface area contributed by atoms with Gasteiger partial charge in [0.1, 0.15) is 6.04 Å². The number of carbonyl (C=O) groups is 2. The van der Waals surface area contributed by atoms with Crippen LogP contribution in [0.25, 0.3) is 0 Å². The molecular formula is C13H14BrF2NO3. The Hall–Kier alpha value is -1.50. The van der Waals surface area contributed by atoms with E-state index in [9.17, 15) is 18.4 Å². The largest absolute Gasteiger partial charge is 0.480 e. The number of unbranched alkanes of at least 4 members (excludes halogenated alkanes) is 1. The van der Waals surface area contributed by atoms with E-state index in [1.54, 1.807) is 0 Å². The molecule has 0 aliphatic rings. The van der Waals surface area contributed by atoms with E-state index in [1.807, 2.05) is 6.92 Å². The molecule has 1 aromatic carbocycles. The molecule has 0 saturated heterocycles. The lowest BCUT2D eigenvalue weighted by atomic mass is 10.1. The maximum absolute atomic E-state index is 13.1. The minimum absolute atomic E-state index is 0.0635. The second-order valence-corrected chi connectivity index (χ2v) is 5.11. The number of carboxylic acid groups (broad SMARTS) is 1. The van der Waals surface area contributed by atoms with Crippen LogP contribution < -0.4 is 5.32 Å². The summed E-state index contributed by atoms with van der Waals surface area (Å²) in [5, 5.41) is 11.3. The van der Waals surface area contributed by atoms with E-state index in [4.69, 9.17) is 5.11 Å². The molecule has 0 radical (unpaired) electrons. The van der Waals surface area contributed by atoms with Crippen molar-refractivity contribution in [1.82, 2.24) is 5.32 Å². The summed E-state index contributed by atoms with van der Waals surface area (Å²) in [7, 11) is 0. The lowest BCUT2D eigenvalue weighted by Crippen LogP contribution is -2.40. The predicted octanol–water partition coefficient (Wildman–Crippen LogP) is 3.10. The van der Waals surface area contributed by atoms with Gasteiger partial charge in [0.05, 0.1) is 5.56 Å². The van der Waals surface area contributed by atoms with Gasteiger partial charge < -0.3 is 10.4 Å². The number of hydrogen-bond acceptors (Lipinski definition) is 2. The third-order valence-electron chi connectivity index (χ3n) is 2.70. The van der Waals surface area contributed by atoms with Crippen molar-refractivity contribution in [3.05, 3.63) is 33.8 Å². The summed E-state index contributed by atoms with van der Waals surface area (Å²) in [5.41, 5.74) is -0.147. The third-order valence-corrected chi connectivity index (χ3v) is 3.36. The van der Waals surface area contributed by atoms with Gasteiger partial charge in [-0.05, 0) is 34.5 Å². The third kappa shape index (κ3) is 4.26. The number of halogens is 3. The highest BCUT2D eigenvalue weighted by Crippen LogP contribution is 2.20. The van der Waals surface area contributed by atoms with Crippen LogP contribution in [0.2, 0.25) is 0 Å². The van der Waals surface area contributed by atoms with Crippen molar-refractivity contribution in [2.75, 3.05) is 0 Å². The van der Waals surface area contributed by atoms with E-state index >= 15 is 0 Å². The van der Waals surface area contributed by atoms with Crippen molar-refractivity contribution in [1.29, 1.82) is 0 Å². The Morgan fingerprint density at radius 3 is 2.50 bits per heavy atom. The van der Waals surface area contributed by atoms with E-state index in [0.717, 1.165) is 18.6 Å². The Morgan fingerprint density at radius 1 is 1.35 bits per heavy atom. The van der Waals surface area contributed by atoms with Gasteiger partial charge in [-0.15, -0.1) is 0 Å². The molecule has 1 amide bonds. The molecule has 0 heterocycles. The van der Waals surface area contributed by atoms with Crippen LogP contribution in [-0.4, -0.2) is 23.0 Å². The Labute approximate surface area is 123 Å². The first kappa shape index (κ1) is 16.6. The zero-order valence-corrected chi connectivity index (χ0v) is 12.3. The zero-order chi connectivity index (χ0) is 15.3. The Morgan fingerprint density at radius 2 is 1.95 bits per heavy atom. The molecule has 0 fully saturated rings. The Balaban J connectivity index is 2.89. The summed E-state index contributed by atoms with van der Waals surface area (Å²) in [6, 6.07) is 0.502. The molecule has 0 spiro atoms. The molecule has 0 bridgehead atoms. The summed E-state index contributed by atoms with van der Waals surface area (Å²) < 4.78 is 26.1. The summed E-state index contributed by atoms with van der Waals surface area (Å²) in [6.07, 6.45) is 1.70. The minimum atomic E-state index is -1.17. The molecule has 1 rings (SSSR count). The SMILES string of the molecule is CCCC[C@H](NC(=O)c1cc(F)c(F)cc1Br)C(=O)O. The first-order valence-corrected chi connectivity index (χ1v) is 6.84. The lowest BCUT2D eigenvalue weighted by molar-refractivity contribution is -0.139. The van der Waals surface area contributed by atoms with Crippen LogP contribution in [0.15, 0.2) is 16.6 Å². The normalized spacial score (nSPS) is 12.0. The molecule has 110 valence electrons. The average molecular weight is 350 g/mol. The van der Waals surface area contributed by atoms with Crippen LogP contribution >= 0.6 is 15.9 Å². The topological polar surface area (TPSA) is 66.4 Å². The van der Waals surface area contributed by atoms with Crippen LogP contribution in [0.5, 0.6) is 0 Å². The first-order chi connectivity index (χ1) is 9.36. The van der Waals surface area contributed by atoms with E-state index in [1.165, 1.54) is 0 Å². The number of rotatable bonds is 6.